The highest BCUT2D eigenvalue weighted by Gasteiger charge is 2.16. The molecule has 1 saturated heterocycles. The lowest BCUT2D eigenvalue weighted by Crippen LogP contribution is -2.18. The standard InChI is InChI=1S/C15H18N2O2/c18-10-12-2-1-3-13(8-12)15-9-17(11-16-15)14-4-6-19-7-5-14/h1-3,8-9,11,14,18H,4-7,10H2. The van der Waals surface area contributed by atoms with Gasteiger partial charge in [-0.15, -0.1) is 0 Å². The predicted octanol–water partition coefficient (Wildman–Crippen LogP) is 2.39. The zero-order chi connectivity index (χ0) is 13.1. The minimum atomic E-state index is 0.0640. The quantitative estimate of drug-likeness (QED) is 0.919. The SMILES string of the molecule is OCc1cccc(-c2cn(C3CCOCC3)cn2)c1. The number of ether oxygens (including phenoxy) is 1. The zero-order valence-corrected chi connectivity index (χ0v) is 10.8. The number of nitrogens with zero attached hydrogens (tertiary/aromatic N) is 2. The molecule has 2 aromatic rings. The molecule has 0 radical (unpaired) electrons. The van der Waals surface area contributed by atoms with Crippen LogP contribution in [0.3, 0.4) is 0 Å². The molecule has 0 bridgehead atoms. The summed E-state index contributed by atoms with van der Waals surface area (Å²) in [5.41, 5.74) is 2.93. The van der Waals surface area contributed by atoms with Crippen molar-refractivity contribution in [1.29, 1.82) is 0 Å². The van der Waals surface area contributed by atoms with E-state index in [1.807, 2.05) is 30.6 Å². The van der Waals surface area contributed by atoms with E-state index in [-0.39, 0.29) is 6.61 Å². The summed E-state index contributed by atoms with van der Waals surface area (Å²) in [6.07, 6.45) is 6.09. The van der Waals surface area contributed by atoms with Crippen molar-refractivity contribution in [2.75, 3.05) is 13.2 Å². The van der Waals surface area contributed by atoms with Crippen LogP contribution in [-0.2, 0) is 11.3 Å². The highest BCUT2D eigenvalue weighted by atomic mass is 16.5. The molecule has 1 fully saturated rings. The minimum absolute atomic E-state index is 0.0640. The number of aromatic nitrogens is 2. The normalized spacial score (nSPS) is 16.7. The number of rotatable bonds is 3. The molecule has 4 nitrogen and oxygen atoms in total. The smallest absolute Gasteiger partial charge is 0.0956 e. The summed E-state index contributed by atoms with van der Waals surface area (Å²) in [6.45, 7) is 1.73. The van der Waals surface area contributed by atoms with Crippen LogP contribution in [0.5, 0.6) is 0 Å². The topological polar surface area (TPSA) is 47.3 Å². The van der Waals surface area contributed by atoms with Crippen LogP contribution in [0.1, 0.15) is 24.4 Å². The molecule has 0 amide bonds. The van der Waals surface area contributed by atoms with Gasteiger partial charge in [-0.25, -0.2) is 4.98 Å². The van der Waals surface area contributed by atoms with Crippen LogP contribution in [0.15, 0.2) is 36.8 Å². The summed E-state index contributed by atoms with van der Waals surface area (Å²) >= 11 is 0. The molecule has 2 heterocycles. The Kier molecular flexibility index (Phi) is 3.62. The van der Waals surface area contributed by atoms with Crippen LogP contribution >= 0.6 is 0 Å². The molecule has 4 heteroatoms. The van der Waals surface area contributed by atoms with Crippen molar-refractivity contribution in [3.63, 3.8) is 0 Å². The summed E-state index contributed by atoms with van der Waals surface area (Å²) in [6, 6.07) is 8.37. The van der Waals surface area contributed by atoms with E-state index in [1.165, 1.54) is 0 Å². The van der Waals surface area contributed by atoms with Gasteiger partial charge in [0.2, 0.25) is 0 Å². The fraction of sp³-hybridized carbons (Fsp3) is 0.400. The van der Waals surface area contributed by atoms with Gasteiger partial charge in [0.15, 0.2) is 0 Å². The van der Waals surface area contributed by atoms with E-state index in [9.17, 15) is 5.11 Å². The van der Waals surface area contributed by atoms with Gasteiger partial charge in [0.05, 0.1) is 18.6 Å². The molecule has 1 aliphatic heterocycles. The summed E-state index contributed by atoms with van der Waals surface area (Å²) in [5.74, 6) is 0. The molecule has 0 spiro atoms. The third-order valence-corrected chi connectivity index (χ3v) is 3.62. The van der Waals surface area contributed by atoms with Gasteiger partial charge in [-0.2, -0.15) is 0 Å². The van der Waals surface area contributed by atoms with Gasteiger partial charge in [-0.05, 0) is 24.5 Å². The van der Waals surface area contributed by atoms with Gasteiger partial charge in [-0.3, -0.25) is 0 Å². The van der Waals surface area contributed by atoms with Crippen molar-refractivity contribution in [3.8, 4) is 11.3 Å². The van der Waals surface area contributed by atoms with Crippen LogP contribution < -0.4 is 0 Å². The highest BCUT2D eigenvalue weighted by Crippen LogP contribution is 2.24. The van der Waals surface area contributed by atoms with E-state index >= 15 is 0 Å². The Labute approximate surface area is 112 Å². The van der Waals surface area contributed by atoms with Crippen molar-refractivity contribution in [2.24, 2.45) is 0 Å². The van der Waals surface area contributed by atoms with Gasteiger partial charge in [-0.1, -0.05) is 18.2 Å². The van der Waals surface area contributed by atoms with Gasteiger partial charge < -0.3 is 14.4 Å². The van der Waals surface area contributed by atoms with Crippen LogP contribution in [-0.4, -0.2) is 27.9 Å². The molecule has 0 aliphatic carbocycles. The molecule has 100 valence electrons. The molecule has 1 aromatic heterocycles. The number of aliphatic hydroxyl groups is 1. The fourth-order valence-corrected chi connectivity index (χ4v) is 2.50. The zero-order valence-electron chi connectivity index (χ0n) is 10.8. The molecule has 1 N–H and O–H groups in total. The van der Waals surface area contributed by atoms with Gasteiger partial charge >= 0.3 is 0 Å². The molecule has 1 aromatic carbocycles. The molecule has 0 saturated carbocycles. The molecule has 0 atom stereocenters. The number of hydrogen-bond acceptors (Lipinski definition) is 3. The number of benzene rings is 1. The maximum absolute atomic E-state index is 9.18. The number of hydrogen-bond donors (Lipinski definition) is 1. The summed E-state index contributed by atoms with van der Waals surface area (Å²) in [5, 5.41) is 9.18. The Hall–Kier alpha value is -1.65. The average Bonchev–Trinajstić information content (AvgIpc) is 2.98. The Balaban J connectivity index is 1.83. The minimum Gasteiger partial charge on any atom is -0.392 e. The van der Waals surface area contributed by atoms with E-state index in [0.29, 0.717) is 6.04 Å². The largest absolute Gasteiger partial charge is 0.392 e. The Bertz CT molecular complexity index is 545. The van der Waals surface area contributed by atoms with Gasteiger partial charge in [0.25, 0.3) is 0 Å². The highest BCUT2D eigenvalue weighted by molar-refractivity contribution is 5.59. The molecular formula is C15H18N2O2. The second kappa shape index (κ2) is 5.55. The lowest BCUT2D eigenvalue weighted by molar-refractivity contribution is 0.0696. The van der Waals surface area contributed by atoms with E-state index in [4.69, 9.17) is 4.74 Å². The van der Waals surface area contributed by atoms with Crippen LogP contribution in [0.25, 0.3) is 11.3 Å². The summed E-state index contributed by atoms with van der Waals surface area (Å²) in [7, 11) is 0. The number of aliphatic hydroxyl groups excluding tert-OH is 1. The number of imidazole rings is 1. The predicted molar refractivity (Wildman–Crippen MR) is 72.7 cm³/mol. The second-order valence-corrected chi connectivity index (χ2v) is 4.91. The lowest BCUT2D eigenvalue weighted by Gasteiger charge is -2.22. The van der Waals surface area contributed by atoms with Crippen molar-refractivity contribution in [2.45, 2.75) is 25.5 Å². The van der Waals surface area contributed by atoms with Crippen LogP contribution in [0.4, 0.5) is 0 Å². The Morgan fingerprint density at radius 1 is 1.32 bits per heavy atom. The third-order valence-electron chi connectivity index (χ3n) is 3.62. The Morgan fingerprint density at radius 3 is 2.95 bits per heavy atom. The van der Waals surface area contributed by atoms with E-state index in [0.717, 1.165) is 42.9 Å². The molecular weight excluding hydrogens is 240 g/mol. The summed E-state index contributed by atoms with van der Waals surface area (Å²) in [4.78, 5) is 4.48. The molecule has 1 aliphatic rings. The van der Waals surface area contributed by atoms with Crippen molar-refractivity contribution < 1.29 is 9.84 Å². The van der Waals surface area contributed by atoms with Gasteiger partial charge in [0, 0.05) is 31.0 Å². The monoisotopic (exact) mass is 258 g/mol. The van der Waals surface area contributed by atoms with E-state index < -0.39 is 0 Å². The first-order chi connectivity index (χ1) is 9.36. The van der Waals surface area contributed by atoms with Crippen molar-refractivity contribution >= 4 is 0 Å². The molecule has 19 heavy (non-hydrogen) atoms. The third kappa shape index (κ3) is 2.69. The van der Waals surface area contributed by atoms with Gasteiger partial charge in [0.1, 0.15) is 0 Å². The second-order valence-electron chi connectivity index (χ2n) is 4.91. The van der Waals surface area contributed by atoms with Crippen LogP contribution in [0, 0.1) is 0 Å². The molecule has 0 unspecified atom stereocenters. The fourth-order valence-electron chi connectivity index (χ4n) is 2.50. The first-order valence-corrected chi connectivity index (χ1v) is 6.68. The van der Waals surface area contributed by atoms with Crippen molar-refractivity contribution in [3.05, 3.63) is 42.4 Å². The average molecular weight is 258 g/mol. The lowest BCUT2D eigenvalue weighted by atomic mass is 10.1. The first-order valence-electron chi connectivity index (χ1n) is 6.68. The van der Waals surface area contributed by atoms with E-state index in [2.05, 4.69) is 15.7 Å². The maximum Gasteiger partial charge on any atom is 0.0956 e. The first kappa shape index (κ1) is 12.4. The van der Waals surface area contributed by atoms with Crippen molar-refractivity contribution in [1.82, 2.24) is 9.55 Å². The van der Waals surface area contributed by atoms with E-state index in [1.54, 1.807) is 0 Å². The summed E-state index contributed by atoms with van der Waals surface area (Å²) < 4.78 is 7.57. The molecule has 3 rings (SSSR count). The Morgan fingerprint density at radius 2 is 2.16 bits per heavy atom. The van der Waals surface area contributed by atoms with Crippen LogP contribution in [0.2, 0.25) is 0 Å². The maximum atomic E-state index is 9.18.